The predicted octanol–water partition coefficient (Wildman–Crippen LogP) is 4.74. The van der Waals surface area contributed by atoms with Crippen molar-refractivity contribution in [2.45, 2.75) is 79.1 Å². The molecule has 1 heteroatoms. The number of Topliss-reactive ketones (excluding diaryl/α,β-unsaturated/α-hetero) is 1. The highest BCUT2D eigenvalue weighted by atomic mass is 16.1. The molecule has 0 rings (SSSR count). The number of ketones is 1. The van der Waals surface area contributed by atoms with Gasteiger partial charge in [0.05, 0.1) is 0 Å². The molecule has 0 aromatic carbocycles. The second-order valence-electron chi connectivity index (χ2n) is 4.99. The smallest absolute Gasteiger partial charge is 0.135 e. The number of hydrogen-bond donors (Lipinski definition) is 0. The molecule has 0 heterocycles. The van der Waals surface area contributed by atoms with Gasteiger partial charge in [-0.2, -0.15) is 0 Å². The summed E-state index contributed by atoms with van der Waals surface area (Å²) in [5.74, 6) is 0.360. The maximum absolute atomic E-state index is 11.5. The van der Waals surface area contributed by atoms with Crippen LogP contribution in [0.15, 0.2) is 0 Å². The van der Waals surface area contributed by atoms with Crippen molar-refractivity contribution in [1.82, 2.24) is 0 Å². The first kappa shape index (κ1) is 14.7. The van der Waals surface area contributed by atoms with Crippen molar-refractivity contribution < 1.29 is 4.79 Å². The van der Waals surface area contributed by atoms with Crippen LogP contribution in [0.3, 0.4) is 0 Å². The Hall–Kier alpha value is -0.330. The molecule has 0 aliphatic heterocycles. The Balaban J connectivity index is 3.60. The molecule has 0 amide bonds. The molecule has 0 aliphatic rings. The van der Waals surface area contributed by atoms with Crippen molar-refractivity contribution in [3.63, 3.8) is 0 Å². The van der Waals surface area contributed by atoms with Crippen LogP contribution in [-0.2, 0) is 4.79 Å². The molecule has 1 nitrogen and oxygen atoms in total. The summed E-state index contributed by atoms with van der Waals surface area (Å²) in [5, 5.41) is 0. The second-order valence-corrected chi connectivity index (χ2v) is 4.99. The number of carbonyl (C=O) groups is 1. The molecule has 0 fully saturated rings. The van der Waals surface area contributed by atoms with E-state index in [2.05, 4.69) is 20.8 Å². The van der Waals surface area contributed by atoms with E-state index < -0.39 is 0 Å². The van der Waals surface area contributed by atoms with Crippen LogP contribution in [-0.4, -0.2) is 5.78 Å². The van der Waals surface area contributed by atoms with Crippen LogP contribution in [0.25, 0.3) is 0 Å². The van der Waals surface area contributed by atoms with Gasteiger partial charge in [0.25, 0.3) is 0 Å². The zero-order chi connectivity index (χ0) is 11.7. The third-order valence-corrected chi connectivity index (χ3v) is 3.71. The minimum Gasteiger partial charge on any atom is -0.299 e. The monoisotopic (exact) mass is 212 g/mol. The summed E-state index contributed by atoms with van der Waals surface area (Å²) in [6, 6.07) is 0. The fourth-order valence-corrected chi connectivity index (χ4v) is 1.90. The van der Waals surface area contributed by atoms with Gasteiger partial charge in [0.1, 0.15) is 5.78 Å². The Labute approximate surface area is 95.6 Å². The number of hydrogen-bond acceptors (Lipinski definition) is 1. The number of carbonyl (C=O) groups excluding carboxylic acids is 1. The molecular weight excluding hydrogens is 184 g/mol. The zero-order valence-electron chi connectivity index (χ0n) is 11.1. The average molecular weight is 212 g/mol. The molecule has 15 heavy (non-hydrogen) atoms. The lowest BCUT2D eigenvalue weighted by Gasteiger charge is -2.24. The van der Waals surface area contributed by atoms with Gasteiger partial charge in [-0.1, -0.05) is 59.3 Å². The Kier molecular flexibility index (Phi) is 7.72. The molecule has 0 aromatic heterocycles. The van der Waals surface area contributed by atoms with Gasteiger partial charge in [-0.3, -0.25) is 4.79 Å². The highest BCUT2D eigenvalue weighted by molar-refractivity contribution is 5.81. The predicted molar refractivity (Wildman–Crippen MR) is 67.1 cm³/mol. The molecule has 0 aromatic rings. The molecule has 0 N–H and O–H groups in total. The minimum atomic E-state index is -0.0508. The van der Waals surface area contributed by atoms with E-state index >= 15 is 0 Å². The van der Waals surface area contributed by atoms with Crippen LogP contribution in [0.1, 0.15) is 79.1 Å². The summed E-state index contributed by atoms with van der Waals surface area (Å²) in [5.41, 5.74) is -0.0508. The average Bonchev–Trinajstić information content (AvgIpc) is 2.22. The SMILES string of the molecule is CCCCCCCCC(C)(CC)C(C)=O. The van der Waals surface area contributed by atoms with E-state index in [0.29, 0.717) is 5.78 Å². The third kappa shape index (κ3) is 5.96. The first-order valence-electron chi connectivity index (χ1n) is 6.58. The van der Waals surface area contributed by atoms with Gasteiger partial charge in [0, 0.05) is 5.41 Å². The largest absolute Gasteiger partial charge is 0.299 e. The van der Waals surface area contributed by atoms with Gasteiger partial charge in [-0.25, -0.2) is 0 Å². The van der Waals surface area contributed by atoms with Gasteiger partial charge >= 0.3 is 0 Å². The van der Waals surface area contributed by atoms with Crippen LogP contribution in [0.5, 0.6) is 0 Å². The van der Waals surface area contributed by atoms with E-state index in [9.17, 15) is 4.79 Å². The third-order valence-electron chi connectivity index (χ3n) is 3.71. The van der Waals surface area contributed by atoms with Gasteiger partial charge < -0.3 is 0 Å². The Morgan fingerprint density at radius 1 is 1.00 bits per heavy atom. The fourth-order valence-electron chi connectivity index (χ4n) is 1.90. The summed E-state index contributed by atoms with van der Waals surface area (Å²) in [7, 11) is 0. The van der Waals surface area contributed by atoms with E-state index in [4.69, 9.17) is 0 Å². The van der Waals surface area contributed by atoms with E-state index in [1.54, 1.807) is 6.92 Å². The number of unbranched alkanes of at least 4 members (excludes halogenated alkanes) is 5. The van der Waals surface area contributed by atoms with Crippen molar-refractivity contribution in [3.05, 3.63) is 0 Å². The van der Waals surface area contributed by atoms with Crippen LogP contribution < -0.4 is 0 Å². The topological polar surface area (TPSA) is 17.1 Å². The highest BCUT2D eigenvalue weighted by Crippen LogP contribution is 2.29. The molecule has 1 unspecified atom stereocenters. The zero-order valence-corrected chi connectivity index (χ0v) is 11.1. The van der Waals surface area contributed by atoms with Gasteiger partial charge in [-0.15, -0.1) is 0 Å². The molecule has 1 atom stereocenters. The lowest BCUT2D eigenvalue weighted by molar-refractivity contribution is -0.126. The van der Waals surface area contributed by atoms with E-state index in [1.807, 2.05) is 0 Å². The molecule has 0 saturated heterocycles. The molecule has 0 radical (unpaired) electrons. The van der Waals surface area contributed by atoms with Crippen molar-refractivity contribution >= 4 is 5.78 Å². The Morgan fingerprint density at radius 2 is 1.53 bits per heavy atom. The summed E-state index contributed by atoms with van der Waals surface area (Å²) in [6.07, 6.45) is 9.93. The quantitative estimate of drug-likeness (QED) is 0.504. The molecule has 0 spiro atoms. The van der Waals surface area contributed by atoms with Crippen molar-refractivity contribution in [1.29, 1.82) is 0 Å². The maximum Gasteiger partial charge on any atom is 0.135 e. The van der Waals surface area contributed by atoms with E-state index in [-0.39, 0.29) is 5.41 Å². The van der Waals surface area contributed by atoms with Crippen LogP contribution in [0.4, 0.5) is 0 Å². The molecule has 90 valence electrons. The van der Waals surface area contributed by atoms with Crippen LogP contribution >= 0.6 is 0 Å². The summed E-state index contributed by atoms with van der Waals surface area (Å²) >= 11 is 0. The lowest BCUT2D eigenvalue weighted by Crippen LogP contribution is -2.24. The summed E-state index contributed by atoms with van der Waals surface area (Å²) in [4.78, 5) is 11.5. The van der Waals surface area contributed by atoms with Gasteiger partial charge in [-0.05, 0) is 19.8 Å². The van der Waals surface area contributed by atoms with Crippen LogP contribution in [0.2, 0.25) is 0 Å². The minimum absolute atomic E-state index is 0.0508. The summed E-state index contributed by atoms with van der Waals surface area (Å²) < 4.78 is 0. The van der Waals surface area contributed by atoms with E-state index in [1.165, 1.54) is 38.5 Å². The second kappa shape index (κ2) is 7.90. The lowest BCUT2D eigenvalue weighted by atomic mass is 9.79. The highest BCUT2D eigenvalue weighted by Gasteiger charge is 2.26. The molecule has 0 bridgehead atoms. The van der Waals surface area contributed by atoms with E-state index in [0.717, 1.165) is 12.8 Å². The Bertz CT molecular complexity index is 174. The van der Waals surface area contributed by atoms with Crippen molar-refractivity contribution in [2.24, 2.45) is 5.41 Å². The first-order chi connectivity index (χ1) is 7.06. The number of rotatable bonds is 9. The van der Waals surface area contributed by atoms with Gasteiger partial charge in [0.2, 0.25) is 0 Å². The first-order valence-corrected chi connectivity index (χ1v) is 6.58. The molecule has 0 saturated carbocycles. The maximum atomic E-state index is 11.5. The fraction of sp³-hybridized carbons (Fsp3) is 0.929. The Morgan fingerprint density at radius 3 is 2.00 bits per heavy atom. The van der Waals surface area contributed by atoms with Crippen molar-refractivity contribution in [2.75, 3.05) is 0 Å². The van der Waals surface area contributed by atoms with Gasteiger partial charge in [0.15, 0.2) is 0 Å². The van der Waals surface area contributed by atoms with Crippen molar-refractivity contribution in [3.8, 4) is 0 Å². The normalized spacial score (nSPS) is 14.9. The standard InChI is InChI=1S/C14H28O/c1-5-7-8-9-10-11-12-14(4,6-2)13(3)15/h5-12H2,1-4H3. The molecular formula is C14H28O. The molecule has 0 aliphatic carbocycles. The van der Waals surface area contributed by atoms with Crippen LogP contribution in [0, 0.1) is 5.41 Å². The summed E-state index contributed by atoms with van der Waals surface area (Å²) in [6.45, 7) is 8.21.